The quantitative estimate of drug-likeness (QED) is 0.734. The van der Waals surface area contributed by atoms with Crippen LogP contribution in [-0.4, -0.2) is 48.1 Å². The first-order valence-electron chi connectivity index (χ1n) is 5.48. The van der Waals surface area contributed by atoms with Crippen LogP contribution >= 0.6 is 11.6 Å². The highest BCUT2D eigenvalue weighted by atomic mass is 35.5. The minimum Gasteiger partial charge on any atom is -0.355 e. The largest absolute Gasteiger partial charge is 0.355 e. The van der Waals surface area contributed by atoms with Crippen LogP contribution in [0.15, 0.2) is 12.3 Å². The number of hydrogen-bond acceptors (Lipinski definition) is 4. The molecule has 16 heavy (non-hydrogen) atoms. The maximum absolute atomic E-state index is 5.80. The van der Waals surface area contributed by atoms with Crippen molar-refractivity contribution in [3.8, 4) is 0 Å². The van der Waals surface area contributed by atoms with E-state index in [9.17, 15) is 0 Å². The van der Waals surface area contributed by atoms with Gasteiger partial charge >= 0.3 is 0 Å². The average Bonchev–Trinajstić information content (AvgIpc) is 2.60. The van der Waals surface area contributed by atoms with E-state index < -0.39 is 0 Å². The second kappa shape index (κ2) is 4.55. The topological polar surface area (TPSA) is 32.3 Å². The van der Waals surface area contributed by atoms with Gasteiger partial charge in [0.05, 0.1) is 0 Å². The fourth-order valence-electron chi connectivity index (χ4n) is 2.31. The summed E-state index contributed by atoms with van der Waals surface area (Å²) >= 11 is 5.80. The summed E-state index contributed by atoms with van der Waals surface area (Å²) in [5.41, 5.74) is 0. The molecule has 1 fully saturated rings. The lowest BCUT2D eigenvalue weighted by molar-refractivity contribution is 0.266. The Labute approximate surface area is 101 Å². The van der Waals surface area contributed by atoms with Gasteiger partial charge in [0, 0.05) is 25.3 Å². The van der Waals surface area contributed by atoms with Crippen LogP contribution in [0.5, 0.6) is 0 Å². The van der Waals surface area contributed by atoms with Crippen LogP contribution in [0.2, 0.25) is 5.28 Å². The van der Waals surface area contributed by atoms with Gasteiger partial charge in [-0.2, -0.15) is 0 Å². The molecule has 0 aromatic carbocycles. The second-order valence-corrected chi connectivity index (χ2v) is 4.94. The molecule has 0 saturated carbocycles. The van der Waals surface area contributed by atoms with E-state index in [0.29, 0.717) is 17.2 Å². The summed E-state index contributed by atoms with van der Waals surface area (Å²) < 4.78 is 0. The van der Waals surface area contributed by atoms with Crippen molar-refractivity contribution in [3.63, 3.8) is 0 Å². The van der Waals surface area contributed by atoms with Crippen LogP contribution in [0, 0.1) is 5.92 Å². The third-order valence-electron chi connectivity index (χ3n) is 3.17. The molecule has 0 amide bonds. The summed E-state index contributed by atoms with van der Waals surface area (Å²) in [6.45, 7) is 4.30. The number of anilines is 1. The van der Waals surface area contributed by atoms with E-state index >= 15 is 0 Å². The number of hydrogen-bond donors (Lipinski definition) is 0. The smallest absolute Gasteiger partial charge is 0.224 e. The summed E-state index contributed by atoms with van der Waals surface area (Å²) in [4.78, 5) is 12.7. The zero-order valence-corrected chi connectivity index (χ0v) is 10.6. The number of halogens is 1. The SMILES string of the molecule is CC1CN(c2ccnc(Cl)n2)CC1N(C)C. The molecule has 4 nitrogen and oxygen atoms in total. The molecule has 5 heteroatoms. The highest BCUT2D eigenvalue weighted by molar-refractivity contribution is 6.28. The molecule has 0 radical (unpaired) electrons. The van der Waals surface area contributed by atoms with Gasteiger partial charge in [0.25, 0.3) is 0 Å². The zero-order valence-electron chi connectivity index (χ0n) is 9.89. The number of aromatic nitrogens is 2. The molecule has 1 saturated heterocycles. The van der Waals surface area contributed by atoms with Gasteiger partial charge in [-0.3, -0.25) is 0 Å². The Balaban J connectivity index is 2.13. The maximum Gasteiger partial charge on any atom is 0.224 e. The van der Waals surface area contributed by atoms with E-state index in [4.69, 9.17) is 11.6 Å². The third kappa shape index (κ3) is 2.28. The first-order chi connectivity index (χ1) is 7.58. The molecule has 1 aromatic heterocycles. The molecule has 2 unspecified atom stereocenters. The Bertz CT molecular complexity index is 369. The summed E-state index contributed by atoms with van der Waals surface area (Å²) in [5.74, 6) is 1.57. The highest BCUT2D eigenvalue weighted by Crippen LogP contribution is 2.24. The highest BCUT2D eigenvalue weighted by Gasteiger charge is 2.31. The lowest BCUT2D eigenvalue weighted by Crippen LogP contribution is -2.34. The predicted molar refractivity (Wildman–Crippen MR) is 65.9 cm³/mol. The van der Waals surface area contributed by atoms with Gasteiger partial charge in [-0.25, -0.2) is 9.97 Å². The molecule has 0 aliphatic carbocycles. The van der Waals surface area contributed by atoms with Gasteiger partial charge in [0.2, 0.25) is 5.28 Å². The molecule has 2 heterocycles. The van der Waals surface area contributed by atoms with Crippen molar-refractivity contribution in [2.45, 2.75) is 13.0 Å². The summed E-state index contributed by atoms with van der Waals surface area (Å²) in [6, 6.07) is 2.49. The molecule has 0 spiro atoms. The Hall–Kier alpha value is -0.870. The molecule has 2 atom stereocenters. The van der Waals surface area contributed by atoms with Crippen molar-refractivity contribution in [3.05, 3.63) is 17.5 Å². The Morgan fingerprint density at radius 3 is 2.75 bits per heavy atom. The molecule has 2 rings (SSSR count). The van der Waals surface area contributed by atoms with E-state index in [1.165, 1.54) is 0 Å². The monoisotopic (exact) mass is 240 g/mol. The van der Waals surface area contributed by atoms with Crippen molar-refractivity contribution >= 4 is 17.4 Å². The van der Waals surface area contributed by atoms with Crippen molar-refractivity contribution in [2.75, 3.05) is 32.1 Å². The first kappa shape index (κ1) is 11.6. The zero-order chi connectivity index (χ0) is 11.7. The first-order valence-corrected chi connectivity index (χ1v) is 5.85. The van der Waals surface area contributed by atoms with Crippen LogP contribution in [0.25, 0.3) is 0 Å². The van der Waals surface area contributed by atoms with Gasteiger partial charge in [-0.05, 0) is 37.7 Å². The van der Waals surface area contributed by atoms with Gasteiger partial charge in [-0.15, -0.1) is 0 Å². The van der Waals surface area contributed by atoms with Crippen LogP contribution in [0.3, 0.4) is 0 Å². The van der Waals surface area contributed by atoms with E-state index in [-0.39, 0.29) is 0 Å². The maximum atomic E-state index is 5.80. The lowest BCUT2D eigenvalue weighted by atomic mass is 10.1. The molecule has 1 aliphatic rings. The minimum absolute atomic E-state index is 0.318. The lowest BCUT2D eigenvalue weighted by Gasteiger charge is -2.22. The van der Waals surface area contributed by atoms with E-state index in [1.54, 1.807) is 6.20 Å². The van der Waals surface area contributed by atoms with Crippen LogP contribution in [0.1, 0.15) is 6.92 Å². The van der Waals surface area contributed by atoms with Gasteiger partial charge < -0.3 is 9.80 Å². The molecule has 1 aromatic rings. The fourth-order valence-corrected chi connectivity index (χ4v) is 2.45. The van der Waals surface area contributed by atoms with Gasteiger partial charge in [0.15, 0.2) is 0 Å². The van der Waals surface area contributed by atoms with E-state index in [0.717, 1.165) is 18.9 Å². The normalized spacial score (nSPS) is 25.4. The molecular formula is C11H17ClN4. The summed E-state index contributed by atoms with van der Waals surface area (Å²) in [6.07, 6.45) is 1.71. The van der Waals surface area contributed by atoms with Crippen LogP contribution in [-0.2, 0) is 0 Å². The fraction of sp³-hybridized carbons (Fsp3) is 0.636. The molecule has 0 N–H and O–H groups in total. The number of nitrogens with zero attached hydrogens (tertiary/aromatic N) is 4. The Kier molecular flexibility index (Phi) is 3.30. The van der Waals surface area contributed by atoms with E-state index in [1.807, 2.05) is 6.07 Å². The number of rotatable bonds is 2. The standard InChI is InChI=1S/C11H17ClN4/c1-8-6-16(7-9(8)15(2)3)10-4-5-13-11(12)14-10/h4-5,8-9H,6-7H2,1-3H3. The van der Waals surface area contributed by atoms with Gasteiger partial charge in [-0.1, -0.05) is 6.92 Å². The molecular weight excluding hydrogens is 224 g/mol. The number of likely N-dealkylation sites (N-methyl/N-ethyl adjacent to an activating group) is 1. The van der Waals surface area contributed by atoms with Crippen LogP contribution < -0.4 is 4.90 Å². The van der Waals surface area contributed by atoms with Crippen molar-refractivity contribution in [1.82, 2.24) is 14.9 Å². The second-order valence-electron chi connectivity index (χ2n) is 4.60. The Morgan fingerprint density at radius 2 is 2.19 bits per heavy atom. The molecule has 88 valence electrons. The molecule has 0 bridgehead atoms. The van der Waals surface area contributed by atoms with Crippen molar-refractivity contribution in [1.29, 1.82) is 0 Å². The predicted octanol–water partition coefficient (Wildman–Crippen LogP) is 1.52. The van der Waals surface area contributed by atoms with Crippen molar-refractivity contribution < 1.29 is 0 Å². The molecule has 1 aliphatic heterocycles. The Morgan fingerprint density at radius 1 is 1.44 bits per heavy atom. The summed E-state index contributed by atoms with van der Waals surface area (Å²) in [7, 11) is 4.25. The van der Waals surface area contributed by atoms with Crippen molar-refractivity contribution in [2.24, 2.45) is 5.92 Å². The van der Waals surface area contributed by atoms with Gasteiger partial charge in [0.1, 0.15) is 5.82 Å². The third-order valence-corrected chi connectivity index (χ3v) is 3.35. The van der Waals surface area contributed by atoms with Crippen LogP contribution in [0.4, 0.5) is 5.82 Å². The summed E-state index contributed by atoms with van der Waals surface area (Å²) in [5, 5.41) is 0.318. The van der Waals surface area contributed by atoms with E-state index in [2.05, 4.69) is 40.8 Å². The average molecular weight is 241 g/mol. The minimum atomic E-state index is 0.318.